The highest BCUT2D eigenvalue weighted by Gasteiger charge is 2.70. The average molecular weight is 308 g/mol. The summed E-state index contributed by atoms with van der Waals surface area (Å²) in [5.74, 6) is 1.35. The van der Waals surface area contributed by atoms with Crippen LogP contribution in [0.25, 0.3) is 10.8 Å². The predicted molar refractivity (Wildman–Crippen MR) is 92.9 cm³/mol. The van der Waals surface area contributed by atoms with Crippen LogP contribution in [0.15, 0.2) is 42.5 Å². The zero-order chi connectivity index (χ0) is 15.7. The van der Waals surface area contributed by atoms with Crippen LogP contribution in [0.5, 0.6) is 0 Å². The fourth-order valence-electron chi connectivity index (χ4n) is 6.44. The van der Waals surface area contributed by atoms with Crippen LogP contribution in [0.3, 0.4) is 0 Å². The Hall–Kier alpha value is -1.38. The van der Waals surface area contributed by atoms with Gasteiger partial charge in [0.15, 0.2) is 0 Å². The van der Waals surface area contributed by atoms with Gasteiger partial charge >= 0.3 is 0 Å². The quantitative estimate of drug-likeness (QED) is 0.838. The second-order valence-corrected chi connectivity index (χ2v) is 8.35. The van der Waals surface area contributed by atoms with Gasteiger partial charge in [-0.2, -0.15) is 0 Å². The third-order valence-electron chi connectivity index (χ3n) is 7.63. The monoisotopic (exact) mass is 308 g/mol. The molecule has 2 aromatic rings. The normalized spacial score (nSPS) is 41.6. The molecule has 0 spiro atoms. The molecule has 23 heavy (non-hydrogen) atoms. The molecule has 2 nitrogen and oxygen atoms in total. The summed E-state index contributed by atoms with van der Waals surface area (Å²) in [5, 5.41) is 13.3. The predicted octanol–water partition coefficient (Wildman–Crippen LogP) is 3.72. The highest BCUT2D eigenvalue weighted by Crippen LogP contribution is 2.60. The number of fused-ring (bicyclic) bond motifs is 1. The first kappa shape index (κ1) is 14.0. The molecule has 3 aliphatic rings. The van der Waals surface area contributed by atoms with Crippen LogP contribution in [0.2, 0.25) is 0 Å². The SMILES string of the molecule is C[C@@]12[C@H]3CC[C@@H]1[C@@H](O)C[N@+]2(Cc1ccc2ccccc2c1)CC3. The van der Waals surface area contributed by atoms with Gasteiger partial charge in [-0.1, -0.05) is 36.4 Å². The van der Waals surface area contributed by atoms with E-state index in [1.54, 1.807) is 0 Å². The minimum Gasteiger partial charge on any atom is -0.387 e. The van der Waals surface area contributed by atoms with E-state index in [4.69, 9.17) is 0 Å². The van der Waals surface area contributed by atoms with Crippen molar-refractivity contribution in [1.29, 1.82) is 0 Å². The first-order chi connectivity index (χ1) is 11.1. The van der Waals surface area contributed by atoms with Gasteiger partial charge in [0.25, 0.3) is 0 Å². The van der Waals surface area contributed by atoms with Crippen molar-refractivity contribution in [2.45, 2.75) is 44.4 Å². The third-order valence-corrected chi connectivity index (χ3v) is 7.63. The van der Waals surface area contributed by atoms with Gasteiger partial charge in [-0.15, -0.1) is 0 Å². The van der Waals surface area contributed by atoms with Crippen LogP contribution in [0.1, 0.15) is 31.7 Å². The van der Waals surface area contributed by atoms with Gasteiger partial charge in [0.2, 0.25) is 0 Å². The Morgan fingerprint density at radius 3 is 2.78 bits per heavy atom. The van der Waals surface area contributed by atoms with Crippen LogP contribution in [0.4, 0.5) is 0 Å². The molecule has 120 valence electrons. The smallest absolute Gasteiger partial charge is 0.112 e. The van der Waals surface area contributed by atoms with E-state index in [2.05, 4.69) is 49.4 Å². The van der Waals surface area contributed by atoms with Gasteiger partial charge in [-0.05, 0) is 36.6 Å². The van der Waals surface area contributed by atoms with E-state index < -0.39 is 0 Å². The molecule has 2 aromatic carbocycles. The van der Waals surface area contributed by atoms with Crippen molar-refractivity contribution in [3.63, 3.8) is 0 Å². The molecule has 2 heteroatoms. The number of hydrogen-bond acceptors (Lipinski definition) is 1. The van der Waals surface area contributed by atoms with Crippen LogP contribution in [0, 0.1) is 11.8 Å². The van der Waals surface area contributed by atoms with E-state index in [0.29, 0.717) is 11.5 Å². The third kappa shape index (κ3) is 1.71. The van der Waals surface area contributed by atoms with E-state index in [9.17, 15) is 5.11 Å². The Labute approximate surface area is 138 Å². The van der Waals surface area contributed by atoms with Crippen LogP contribution in [-0.4, -0.2) is 34.3 Å². The lowest BCUT2D eigenvalue weighted by Crippen LogP contribution is -2.57. The summed E-state index contributed by atoms with van der Waals surface area (Å²) >= 11 is 0. The Balaban J connectivity index is 1.55. The molecule has 0 aromatic heterocycles. The zero-order valence-corrected chi connectivity index (χ0v) is 13.9. The topological polar surface area (TPSA) is 20.2 Å². The molecule has 5 atom stereocenters. The van der Waals surface area contributed by atoms with Gasteiger partial charge in [-0.3, -0.25) is 0 Å². The number of aliphatic hydroxyl groups excluding tert-OH is 1. The summed E-state index contributed by atoms with van der Waals surface area (Å²) in [6, 6.07) is 15.6. The molecule has 1 aliphatic carbocycles. The Kier molecular flexibility index (Phi) is 2.79. The number of rotatable bonds is 2. The standard InChI is InChI=1S/C21H26NO/c1-21-18-8-9-19(21)20(23)14-22(21,11-10-18)13-15-6-7-16-4-2-3-5-17(16)12-15/h2-7,12,18-20,23H,8-11,13-14H2,1H3/q+1/t18-,19+,20-,21+,22+/m0/s1. The van der Waals surface area contributed by atoms with Crippen molar-refractivity contribution in [1.82, 2.24) is 0 Å². The lowest BCUT2D eigenvalue weighted by atomic mass is 9.83. The summed E-state index contributed by atoms with van der Waals surface area (Å²) in [6.45, 7) is 5.79. The molecular weight excluding hydrogens is 282 g/mol. The van der Waals surface area contributed by atoms with Crippen molar-refractivity contribution in [3.05, 3.63) is 48.0 Å². The average Bonchev–Trinajstić information content (AvgIpc) is 3.10. The van der Waals surface area contributed by atoms with E-state index >= 15 is 0 Å². The minimum atomic E-state index is -0.0919. The van der Waals surface area contributed by atoms with Gasteiger partial charge in [0, 0.05) is 23.8 Å². The molecule has 2 aliphatic heterocycles. The molecule has 2 saturated heterocycles. The fourth-order valence-corrected chi connectivity index (χ4v) is 6.44. The summed E-state index contributed by atoms with van der Waals surface area (Å²) in [7, 11) is 0. The highest BCUT2D eigenvalue weighted by atomic mass is 16.3. The van der Waals surface area contributed by atoms with E-state index in [-0.39, 0.29) is 6.10 Å². The minimum absolute atomic E-state index is 0.0919. The molecule has 3 fully saturated rings. The Bertz CT molecular complexity index is 771. The molecule has 0 amide bonds. The van der Waals surface area contributed by atoms with Gasteiger partial charge in [0.05, 0.1) is 6.54 Å². The number of nitrogens with zero attached hydrogens (tertiary/aromatic N) is 1. The summed E-state index contributed by atoms with van der Waals surface area (Å²) in [6.07, 6.45) is 3.83. The van der Waals surface area contributed by atoms with Gasteiger partial charge in [-0.25, -0.2) is 0 Å². The van der Waals surface area contributed by atoms with Crippen LogP contribution in [-0.2, 0) is 6.54 Å². The highest BCUT2D eigenvalue weighted by molar-refractivity contribution is 5.82. The summed E-state index contributed by atoms with van der Waals surface area (Å²) < 4.78 is 1.13. The number of quaternary nitrogens is 1. The van der Waals surface area contributed by atoms with Gasteiger partial charge < -0.3 is 9.59 Å². The first-order valence-electron chi connectivity index (χ1n) is 9.14. The molecule has 1 saturated carbocycles. The molecule has 5 rings (SSSR count). The number of aliphatic hydroxyl groups is 1. The first-order valence-corrected chi connectivity index (χ1v) is 9.14. The molecule has 0 radical (unpaired) electrons. The van der Waals surface area contributed by atoms with E-state index in [1.165, 1.54) is 42.1 Å². The van der Waals surface area contributed by atoms with Crippen molar-refractivity contribution in [2.24, 2.45) is 11.8 Å². The van der Waals surface area contributed by atoms with E-state index in [0.717, 1.165) is 23.5 Å². The molecular formula is C21H26NO+. The van der Waals surface area contributed by atoms with Crippen LogP contribution >= 0.6 is 0 Å². The molecule has 2 heterocycles. The number of hydrogen-bond donors (Lipinski definition) is 1. The lowest BCUT2D eigenvalue weighted by Gasteiger charge is -2.44. The fraction of sp³-hybridized carbons (Fsp3) is 0.524. The molecule has 0 bridgehead atoms. The molecule has 0 unspecified atom stereocenters. The van der Waals surface area contributed by atoms with Crippen molar-refractivity contribution < 1.29 is 9.59 Å². The van der Waals surface area contributed by atoms with Crippen molar-refractivity contribution >= 4 is 10.8 Å². The van der Waals surface area contributed by atoms with Crippen molar-refractivity contribution in [2.75, 3.05) is 13.1 Å². The van der Waals surface area contributed by atoms with E-state index in [1.807, 2.05) is 0 Å². The maximum Gasteiger partial charge on any atom is 0.112 e. The molecule has 1 N–H and O–H groups in total. The summed E-state index contributed by atoms with van der Waals surface area (Å²) in [5.41, 5.74) is 1.75. The summed E-state index contributed by atoms with van der Waals surface area (Å²) in [4.78, 5) is 0. The maximum atomic E-state index is 10.7. The lowest BCUT2D eigenvalue weighted by molar-refractivity contribution is -0.966. The number of benzene rings is 2. The second-order valence-electron chi connectivity index (χ2n) is 8.35. The Morgan fingerprint density at radius 2 is 1.91 bits per heavy atom. The van der Waals surface area contributed by atoms with Crippen LogP contribution < -0.4 is 0 Å². The zero-order valence-electron chi connectivity index (χ0n) is 13.9. The Morgan fingerprint density at radius 1 is 1.09 bits per heavy atom. The van der Waals surface area contributed by atoms with Gasteiger partial charge in [0.1, 0.15) is 24.7 Å². The second kappa shape index (κ2) is 4.58. The largest absolute Gasteiger partial charge is 0.387 e. The maximum absolute atomic E-state index is 10.7. The van der Waals surface area contributed by atoms with Crippen molar-refractivity contribution in [3.8, 4) is 0 Å².